The molecule has 0 fully saturated rings. The SMILES string of the molecule is CC(=O)NS(=O)(=O)c1ccc(NC(=O)c2cc3cccnc3n(Cc3ccc(F)cc3)c2=O)cc1. The number of fused-ring (bicyclic) bond motifs is 1. The normalized spacial score (nSPS) is 11.3. The van der Waals surface area contributed by atoms with E-state index in [0.29, 0.717) is 16.6 Å². The Bertz CT molecular complexity index is 1600. The second-order valence-corrected chi connectivity index (χ2v) is 9.31. The minimum atomic E-state index is -4.02. The number of benzene rings is 2. The van der Waals surface area contributed by atoms with Gasteiger partial charge in [-0.25, -0.2) is 22.5 Å². The van der Waals surface area contributed by atoms with E-state index in [0.717, 1.165) is 6.92 Å². The van der Waals surface area contributed by atoms with E-state index < -0.39 is 33.2 Å². The molecule has 11 heteroatoms. The van der Waals surface area contributed by atoms with E-state index >= 15 is 0 Å². The first-order valence-electron chi connectivity index (χ1n) is 10.3. The lowest BCUT2D eigenvalue weighted by Crippen LogP contribution is -2.30. The Balaban J connectivity index is 1.66. The minimum absolute atomic E-state index is 0.0729. The molecule has 0 spiro atoms. The zero-order valence-electron chi connectivity index (χ0n) is 18.4. The topological polar surface area (TPSA) is 127 Å². The number of aromatic nitrogens is 2. The second-order valence-electron chi connectivity index (χ2n) is 7.63. The number of carbonyl (C=O) groups is 2. The second kappa shape index (κ2) is 9.47. The molecule has 2 N–H and O–H groups in total. The third-order valence-electron chi connectivity index (χ3n) is 5.05. The van der Waals surface area contributed by atoms with E-state index in [1.165, 1.54) is 53.2 Å². The van der Waals surface area contributed by atoms with Crippen LogP contribution in [-0.4, -0.2) is 29.8 Å². The number of anilines is 1. The number of nitrogens with zero attached hydrogens (tertiary/aromatic N) is 2. The molecule has 2 heterocycles. The van der Waals surface area contributed by atoms with Crippen LogP contribution in [0.2, 0.25) is 0 Å². The predicted octanol–water partition coefficient (Wildman–Crippen LogP) is 2.66. The van der Waals surface area contributed by atoms with Crippen molar-refractivity contribution in [3.8, 4) is 0 Å². The molecule has 4 aromatic rings. The molecule has 0 bridgehead atoms. The molecule has 0 saturated carbocycles. The van der Waals surface area contributed by atoms with Gasteiger partial charge in [-0.2, -0.15) is 0 Å². The lowest BCUT2D eigenvalue weighted by atomic mass is 10.1. The quantitative estimate of drug-likeness (QED) is 0.424. The Kier molecular flexibility index (Phi) is 6.43. The molecule has 0 saturated heterocycles. The van der Waals surface area contributed by atoms with E-state index in [9.17, 15) is 27.2 Å². The number of pyridine rings is 2. The van der Waals surface area contributed by atoms with Crippen LogP contribution in [0.25, 0.3) is 11.0 Å². The summed E-state index contributed by atoms with van der Waals surface area (Å²) in [6.07, 6.45) is 1.53. The van der Waals surface area contributed by atoms with Crippen molar-refractivity contribution in [2.24, 2.45) is 0 Å². The maximum Gasteiger partial charge on any atom is 0.265 e. The van der Waals surface area contributed by atoms with Crippen LogP contribution in [0, 0.1) is 5.82 Å². The van der Waals surface area contributed by atoms with Crippen LogP contribution in [0.5, 0.6) is 0 Å². The van der Waals surface area contributed by atoms with E-state index in [4.69, 9.17) is 0 Å². The average Bonchev–Trinajstić information content (AvgIpc) is 2.81. The Labute approximate surface area is 199 Å². The summed E-state index contributed by atoms with van der Waals surface area (Å²) in [5, 5.41) is 3.13. The largest absolute Gasteiger partial charge is 0.322 e. The van der Waals surface area contributed by atoms with Crippen molar-refractivity contribution in [2.75, 3.05) is 5.32 Å². The molecule has 2 aromatic carbocycles. The summed E-state index contributed by atoms with van der Waals surface area (Å²) in [7, 11) is -4.02. The monoisotopic (exact) mass is 494 g/mol. The average molecular weight is 495 g/mol. The lowest BCUT2D eigenvalue weighted by molar-refractivity contribution is -0.117. The molecule has 2 aromatic heterocycles. The fraction of sp³-hybridized carbons (Fsp3) is 0.0833. The van der Waals surface area contributed by atoms with E-state index in [1.807, 2.05) is 4.72 Å². The summed E-state index contributed by atoms with van der Waals surface area (Å²) in [5.74, 6) is -1.84. The van der Waals surface area contributed by atoms with Crippen LogP contribution in [0.1, 0.15) is 22.8 Å². The number of halogens is 1. The van der Waals surface area contributed by atoms with Gasteiger partial charge in [0.05, 0.1) is 11.4 Å². The fourth-order valence-corrected chi connectivity index (χ4v) is 4.44. The zero-order chi connectivity index (χ0) is 25.2. The van der Waals surface area contributed by atoms with Gasteiger partial charge in [-0.05, 0) is 60.2 Å². The molecule has 178 valence electrons. The van der Waals surface area contributed by atoms with Crippen molar-refractivity contribution in [3.63, 3.8) is 0 Å². The smallest absolute Gasteiger partial charge is 0.265 e. The molecular weight excluding hydrogens is 475 g/mol. The molecular formula is C24H19FN4O5S. The molecule has 2 amide bonds. The Hall–Kier alpha value is -4.38. The van der Waals surface area contributed by atoms with Crippen molar-refractivity contribution in [3.05, 3.63) is 100 Å². The van der Waals surface area contributed by atoms with Gasteiger partial charge < -0.3 is 5.32 Å². The van der Waals surface area contributed by atoms with Crippen LogP contribution >= 0.6 is 0 Å². The molecule has 35 heavy (non-hydrogen) atoms. The molecule has 0 aliphatic heterocycles. The highest BCUT2D eigenvalue weighted by atomic mass is 32.2. The molecule has 0 radical (unpaired) electrons. The maximum atomic E-state index is 13.3. The highest BCUT2D eigenvalue weighted by molar-refractivity contribution is 7.90. The van der Waals surface area contributed by atoms with Crippen molar-refractivity contribution in [1.82, 2.24) is 14.3 Å². The van der Waals surface area contributed by atoms with E-state index in [1.54, 1.807) is 24.3 Å². The van der Waals surface area contributed by atoms with Gasteiger partial charge in [0, 0.05) is 24.2 Å². The van der Waals surface area contributed by atoms with E-state index in [-0.39, 0.29) is 22.7 Å². The molecule has 0 atom stereocenters. The predicted molar refractivity (Wildman–Crippen MR) is 127 cm³/mol. The first-order valence-corrected chi connectivity index (χ1v) is 11.8. The summed E-state index contributed by atoms with van der Waals surface area (Å²) in [6.45, 7) is 1.15. The summed E-state index contributed by atoms with van der Waals surface area (Å²) >= 11 is 0. The Morgan fingerprint density at radius 1 is 1.03 bits per heavy atom. The Morgan fingerprint density at radius 3 is 2.37 bits per heavy atom. The van der Waals surface area contributed by atoms with Crippen LogP contribution < -0.4 is 15.6 Å². The van der Waals surface area contributed by atoms with Crippen molar-refractivity contribution in [1.29, 1.82) is 0 Å². The van der Waals surface area contributed by atoms with Gasteiger partial charge in [0.25, 0.3) is 21.5 Å². The van der Waals surface area contributed by atoms with Gasteiger partial charge in [0.2, 0.25) is 5.91 Å². The third-order valence-corrected chi connectivity index (χ3v) is 6.50. The van der Waals surface area contributed by atoms with Crippen molar-refractivity contribution >= 4 is 38.6 Å². The number of nitrogens with one attached hydrogen (secondary N) is 2. The maximum absolute atomic E-state index is 13.3. The molecule has 0 aliphatic rings. The summed E-state index contributed by atoms with van der Waals surface area (Å²) in [4.78, 5) is 41.4. The zero-order valence-corrected chi connectivity index (χ0v) is 19.2. The highest BCUT2D eigenvalue weighted by Gasteiger charge is 2.18. The molecule has 0 unspecified atom stereocenters. The van der Waals surface area contributed by atoms with Gasteiger partial charge in [-0.15, -0.1) is 0 Å². The van der Waals surface area contributed by atoms with Gasteiger partial charge in [0.1, 0.15) is 17.0 Å². The minimum Gasteiger partial charge on any atom is -0.322 e. The van der Waals surface area contributed by atoms with Crippen LogP contribution in [0.15, 0.2) is 82.6 Å². The van der Waals surface area contributed by atoms with Gasteiger partial charge in [-0.1, -0.05) is 12.1 Å². The highest BCUT2D eigenvalue weighted by Crippen LogP contribution is 2.17. The molecule has 0 aliphatic carbocycles. The summed E-state index contributed by atoms with van der Waals surface area (Å²) in [5.41, 5.74) is 0.512. The Morgan fingerprint density at radius 2 is 1.71 bits per heavy atom. The van der Waals surface area contributed by atoms with Crippen molar-refractivity contribution < 1.29 is 22.4 Å². The number of carbonyl (C=O) groups excluding carboxylic acids is 2. The van der Waals surface area contributed by atoms with Crippen LogP contribution in [-0.2, 0) is 21.4 Å². The lowest BCUT2D eigenvalue weighted by Gasteiger charge is -2.13. The fourth-order valence-electron chi connectivity index (χ4n) is 3.45. The number of amides is 2. The first kappa shape index (κ1) is 23.8. The summed E-state index contributed by atoms with van der Waals surface area (Å²) < 4.78 is 40.6. The van der Waals surface area contributed by atoms with E-state index in [2.05, 4.69) is 10.3 Å². The van der Waals surface area contributed by atoms with Gasteiger partial charge in [0.15, 0.2) is 0 Å². The molecule has 4 rings (SSSR count). The molecule has 9 nitrogen and oxygen atoms in total. The standard InChI is InChI=1S/C24H19FN4O5S/c1-15(30)28-35(33,34)20-10-8-19(9-11-20)27-23(31)21-13-17-3-2-12-26-22(17)29(24(21)32)14-16-4-6-18(25)7-5-16/h2-13H,14H2,1H3,(H,27,31)(H,28,30). The number of hydrogen-bond acceptors (Lipinski definition) is 6. The van der Waals surface area contributed by atoms with Gasteiger partial charge >= 0.3 is 0 Å². The van der Waals surface area contributed by atoms with Gasteiger partial charge in [-0.3, -0.25) is 19.0 Å². The van der Waals surface area contributed by atoms with Crippen LogP contribution in [0.4, 0.5) is 10.1 Å². The third kappa shape index (κ3) is 5.25. The van der Waals surface area contributed by atoms with Crippen LogP contribution in [0.3, 0.4) is 0 Å². The number of rotatable bonds is 6. The summed E-state index contributed by atoms with van der Waals surface area (Å²) in [6, 6.07) is 15.6. The first-order chi connectivity index (χ1) is 16.6. The number of sulfonamides is 1. The van der Waals surface area contributed by atoms with Crippen molar-refractivity contribution in [2.45, 2.75) is 18.4 Å². The number of hydrogen-bond donors (Lipinski definition) is 2.